The first-order valence-corrected chi connectivity index (χ1v) is 4.61. The number of aromatic nitrogens is 2. The topological polar surface area (TPSA) is 55.1 Å². The minimum Gasteiger partial charge on any atom is -0.476 e. The smallest absolute Gasteiger partial charge is 0.356 e. The van der Waals surface area contributed by atoms with Gasteiger partial charge in [-0.2, -0.15) is 5.10 Å². The molecule has 0 aliphatic heterocycles. The zero-order chi connectivity index (χ0) is 11.7. The summed E-state index contributed by atoms with van der Waals surface area (Å²) < 4.78 is 14.2. The summed E-state index contributed by atoms with van der Waals surface area (Å²) in [7, 11) is 1.64. The van der Waals surface area contributed by atoms with Crippen LogP contribution in [0, 0.1) is 5.82 Å². The first-order chi connectivity index (χ1) is 7.58. The second kappa shape index (κ2) is 3.77. The molecule has 16 heavy (non-hydrogen) atoms. The van der Waals surface area contributed by atoms with Crippen LogP contribution in [0.3, 0.4) is 0 Å². The van der Waals surface area contributed by atoms with E-state index >= 15 is 0 Å². The summed E-state index contributed by atoms with van der Waals surface area (Å²) in [6.45, 7) is 0. The molecule has 1 heterocycles. The number of hydrogen-bond donors (Lipinski definition) is 1. The lowest BCUT2D eigenvalue weighted by atomic mass is 10.1. The molecule has 4 nitrogen and oxygen atoms in total. The highest BCUT2D eigenvalue weighted by atomic mass is 19.1. The molecular weight excluding hydrogens is 211 g/mol. The molecule has 0 aliphatic rings. The Labute approximate surface area is 90.9 Å². The summed E-state index contributed by atoms with van der Waals surface area (Å²) in [5.74, 6) is -1.41. The minimum absolute atomic E-state index is 0.0261. The van der Waals surface area contributed by atoms with E-state index in [2.05, 4.69) is 5.10 Å². The lowest BCUT2D eigenvalue weighted by molar-refractivity contribution is 0.0689. The van der Waals surface area contributed by atoms with Crippen molar-refractivity contribution in [1.29, 1.82) is 0 Å². The Morgan fingerprint density at radius 2 is 2.00 bits per heavy atom. The number of aryl methyl sites for hydroxylation is 1. The molecule has 1 aromatic carbocycles. The van der Waals surface area contributed by atoms with Gasteiger partial charge in [0.1, 0.15) is 5.82 Å². The molecule has 0 bridgehead atoms. The molecule has 0 spiro atoms. The van der Waals surface area contributed by atoms with Crippen LogP contribution in [0.2, 0.25) is 0 Å². The zero-order valence-electron chi connectivity index (χ0n) is 8.51. The molecule has 5 heteroatoms. The lowest BCUT2D eigenvalue weighted by Gasteiger charge is -2.00. The normalized spacial score (nSPS) is 10.4. The fourth-order valence-corrected chi connectivity index (χ4v) is 1.46. The van der Waals surface area contributed by atoms with Crippen molar-refractivity contribution in [2.24, 2.45) is 7.05 Å². The highest BCUT2D eigenvalue weighted by molar-refractivity contribution is 5.86. The van der Waals surface area contributed by atoms with Gasteiger partial charge in [-0.1, -0.05) is 0 Å². The van der Waals surface area contributed by atoms with Crippen LogP contribution >= 0.6 is 0 Å². The average molecular weight is 220 g/mol. The molecule has 82 valence electrons. The third kappa shape index (κ3) is 1.79. The Kier molecular flexibility index (Phi) is 2.44. The van der Waals surface area contributed by atoms with Crippen molar-refractivity contribution in [3.05, 3.63) is 41.8 Å². The van der Waals surface area contributed by atoms with Crippen LogP contribution in [0.5, 0.6) is 0 Å². The molecule has 0 saturated heterocycles. The number of rotatable bonds is 2. The van der Waals surface area contributed by atoms with Gasteiger partial charge >= 0.3 is 5.97 Å². The van der Waals surface area contributed by atoms with E-state index in [9.17, 15) is 9.18 Å². The van der Waals surface area contributed by atoms with Crippen LogP contribution in [0.4, 0.5) is 4.39 Å². The third-order valence-electron chi connectivity index (χ3n) is 2.24. The summed E-state index contributed by atoms with van der Waals surface area (Å²) in [5.41, 5.74) is 1.34. The number of aromatic carboxylic acids is 1. The molecule has 2 aromatic rings. The van der Waals surface area contributed by atoms with Crippen molar-refractivity contribution in [2.45, 2.75) is 0 Å². The fourth-order valence-electron chi connectivity index (χ4n) is 1.46. The monoisotopic (exact) mass is 220 g/mol. The van der Waals surface area contributed by atoms with Crippen LogP contribution in [0.25, 0.3) is 11.3 Å². The highest BCUT2D eigenvalue weighted by Gasteiger charge is 2.12. The Morgan fingerprint density at radius 1 is 1.38 bits per heavy atom. The summed E-state index contributed by atoms with van der Waals surface area (Å²) in [6.07, 6.45) is 0. The molecule has 0 radical (unpaired) electrons. The van der Waals surface area contributed by atoms with Gasteiger partial charge in [0.25, 0.3) is 0 Å². The van der Waals surface area contributed by atoms with Gasteiger partial charge in [0.2, 0.25) is 0 Å². The number of hydrogen-bond acceptors (Lipinski definition) is 2. The van der Waals surface area contributed by atoms with Gasteiger partial charge < -0.3 is 5.11 Å². The van der Waals surface area contributed by atoms with Crippen molar-refractivity contribution < 1.29 is 14.3 Å². The molecule has 0 fully saturated rings. The molecule has 0 unspecified atom stereocenters. The van der Waals surface area contributed by atoms with E-state index in [1.807, 2.05) is 0 Å². The second-order valence-corrected chi connectivity index (χ2v) is 3.35. The lowest BCUT2D eigenvalue weighted by Crippen LogP contribution is -1.99. The number of nitrogens with zero attached hydrogens (tertiary/aromatic N) is 2. The molecule has 1 N–H and O–H groups in total. The Bertz CT molecular complexity index is 531. The number of halogens is 1. The van der Waals surface area contributed by atoms with Crippen LogP contribution < -0.4 is 0 Å². The molecule has 2 rings (SSSR count). The molecule has 0 saturated carbocycles. The standard InChI is InChI=1S/C11H9FN2O2/c1-14-10(6-9(13-14)11(15)16)7-2-4-8(12)5-3-7/h2-6H,1H3,(H,15,16). The van der Waals surface area contributed by atoms with Gasteiger partial charge in [0.15, 0.2) is 5.69 Å². The third-order valence-corrected chi connectivity index (χ3v) is 2.24. The average Bonchev–Trinajstić information content (AvgIpc) is 2.62. The maximum absolute atomic E-state index is 12.7. The van der Waals surface area contributed by atoms with E-state index in [4.69, 9.17) is 5.11 Å². The van der Waals surface area contributed by atoms with Gasteiger partial charge in [0, 0.05) is 7.05 Å². The van der Waals surface area contributed by atoms with E-state index in [1.165, 1.54) is 22.9 Å². The fraction of sp³-hybridized carbons (Fsp3) is 0.0909. The Hall–Kier alpha value is -2.17. The predicted octanol–water partition coefficient (Wildman–Crippen LogP) is 1.92. The first kappa shape index (κ1) is 10.4. The number of carboxylic acids is 1. The van der Waals surface area contributed by atoms with Gasteiger partial charge in [0.05, 0.1) is 5.69 Å². The minimum atomic E-state index is -1.08. The summed E-state index contributed by atoms with van der Waals surface area (Å²) in [6, 6.07) is 7.26. The highest BCUT2D eigenvalue weighted by Crippen LogP contribution is 2.20. The van der Waals surface area contributed by atoms with Gasteiger partial charge in [-0.05, 0) is 35.9 Å². The number of carbonyl (C=O) groups is 1. The van der Waals surface area contributed by atoms with Crippen molar-refractivity contribution in [3.8, 4) is 11.3 Å². The predicted molar refractivity (Wildman–Crippen MR) is 55.6 cm³/mol. The maximum Gasteiger partial charge on any atom is 0.356 e. The first-order valence-electron chi connectivity index (χ1n) is 4.61. The largest absolute Gasteiger partial charge is 0.476 e. The zero-order valence-corrected chi connectivity index (χ0v) is 8.51. The van der Waals surface area contributed by atoms with E-state index in [-0.39, 0.29) is 11.5 Å². The van der Waals surface area contributed by atoms with Crippen molar-refractivity contribution in [2.75, 3.05) is 0 Å². The Morgan fingerprint density at radius 3 is 2.50 bits per heavy atom. The SMILES string of the molecule is Cn1nc(C(=O)O)cc1-c1ccc(F)cc1. The number of benzene rings is 1. The molecule has 0 aliphatic carbocycles. The summed E-state index contributed by atoms with van der Waals surface area (Å²) in [5, 5.41) is 12.6. The van der Waals surface area contributed by atoms with Gasteiger partial charge in [-0.15, -0.1) is 0 Å². The summed E-state index contributed by atoms with van der Waals surface area (Å²) in [4.78, 5) is 10.7. The number of carboxylic acid groups (broad SMARTS) is 1. The maximum atomic E-state index is 12.7. The van der Waals surface area contributed by atoms with Crippen LogP contribution in [0.1, 0.15) is 10.5 Å². The van der Waals surface area contributed by atoms with E-state index in [1.54, 1.807) is 19.2 Å². The molecular formula is C11H9FN2O2. The second-order valence-electron chi connectivity index (χ2n) is 3.35. The van der Waals surface area contributed by atoms with Crippen molar-refractivity contribution in [1.82, 2.24) is 9.78 Å². The summed E-state index contributed by atoms with van der Waals surface area (Å²) >= 11 is 0. The quantitative estimate of drug-likeness (QED) is 0.841. The van der Waals surface area contributed by atoms with E-state index < -0.39 is 5.97 Å². The molecule has 0 atom stereocenters. The van der Waals surface area contributed by atoms with Gasteiger partial charge in [-0.25, -0.2) is 9.18 Å². The van der Waals surface area contributed by atoms with Gasteiger partial charge in [-0.3, -0.25) is 4.68 Å². The van der Waals surface area contributed by atoms with Crippen molar-refractivity contribution in [3.63, 3.8) is 0 Å². The van der Waals surface area contributed by atoms with Crippen molar-refractivity contribution >= 4 is 5.97 Å². The van der Waals surface area contributed by atoms with Crippen LogP contribution in [0.15, 0.2) is 30.3 Å². The van der Waals surface area contributed by atoms with E-state index in [0.717, 1.165) is 5.56 Å². The Balaban J connectivity index is 2.47. The van der Waals surface area contributed by atoms with E-state index in [0.29, 0.717) is 5.69 Å². The van der Waals surface area contributed by atoms with Crippen LogP contribution in [-0.4, -0.2) is 20.9 Å². The molecule has 1 aromatic heterocycles. The molecule has 0 amide bonds. The van der Waals surface area contributed by atoms with Crippen LogP contribution in [-0.2, 0) is 7.05 Å².